The molecule has 0 aromatic heterocycles. The van der Waals surface area contributed by atoms with E-state index in [-0.39, 0.29) is 18.3 Å². The Morgan fingerprint density at radius 2 is 1.86 bits per heavy atom. The molecule has 2 heterocycles. The number of amides is 1. The summed E-state index contributed by atoms with van der Waals surface area (Å²) in [6, 6.07) is 7.05. The Kier molecular flexibility index (Phi) is 4.51. The molecule has 5 heteroatoms. The Hall–Kier alpha value is -1.46. The average molecular weight is 292 g/mol. The van der Waals surface area contributed by atoms with Crippen molar-refractivity contribution in [2.75, 3.05) is 32.8 Å². The number of carbonyl (C=O) groups excluding carboxylic acids is 1. The van der Waals surface area contributed by atoms with Crippen molar-refractivity contribution in [2.24, 2.45) is 0 Å². The summed E-state index contributed by atoms with van der Waals surface area (Å²) in [5.74, 6) is -0.0680. The van der Waals surface area contributed by atoms with E-state index in [2.05, 4.69) is 4.90 Å². The van der Waals surface area contributed by atoms with E-state index in [9.17, 15) is 9.18 Å². The van der Waals surface area contributed by atoms with Crippen LogP contribution in [0.15, 0.2) is 24.3 Å². The Balaban J connectivity index is 1.50. The molecule has 0 N–H and O–H groups in total. The van der Waals surface area contributed by atoms with Gasteiger partial charge in [-0.25, -0.2) is 4.39 Å². The van der Waals surface area contributed by atoms with Crippen LogP contribution in [0.1, 0.15) is 18.4 Å². The molecule has 2 aliphatic rings. The number of hydrogen-bond donors (Lipinski definition) is 0. The minimum Gasteiger partial charge on any atom is -0.370 e. The second-order valence-corrected chi connectivity index (χ2v) is 5.77. The van der Waals surface area contributed by atoms with Crippen LogP contribution in [0, 0.1) is 5.82 Å². The van der Waals surface area contributed by atoms with E-state index >= 15 is 0 Å². The molecular formula is C16H21FN2O2. The molecule has 0 bridgehead atoms. The summed E-state index contributed by atoms with van der Waals surface area (Å²) in [4.78, 5) is 16.2. The van der Waals surface area contributed by atoms with Crippen LogP contribution in [-0.4, -0.2) is 54.6 Å². The van der Waals surface area contributed by atoms with E-state index in [0.29, 0.717) is 12.6 Å². The molecular weight excluding hydrogens is 271 g/mol. The highest BCUT2D eigenvalue weighted by atomic mass is 19.1. The lowest BCUT2D eigenvalue weighted by Gasteiger charge is -2.40. The highest BCUT2D eigenvalue weighted by molar-refractivity contribution is 5.78. The number of piperidine rings is 1. The smallest absolute Gasteiger partial charge is 0.248 e. The lowest BCUT2D eigenvalue weighted by molar-refractivity contribution is -0.146. The van der Waals surface area contributed by atoms with Crippen LogP contribution in [0.5, 0.6) is 0 Å². The van der Waals surface area contributed by atoms with Gasteiger partial charge in [-0.2, -0.15) is 0 Å². The van der Waals surface area contributed by atoms with Crippen LogP contribution in [0.3, 0.4) is 0 Å². The van der Waals surface area contributed by atoms with E-state index in [1.54, 1.807) is 0 Å². The van der Waals surface area contributed by atoms with Gasteiger partial charge >= 0.3 is 0 Å². The van der Waals surface area contributed by atoms with E-state index in [0.717, 1.165) is 44.6 Å². The molecule has 0 aliphatic carbocycles. The Bertz CT molecular complexity index is 484. The van der Waals surface area contributed by atoms with E-state index in [4.69, 9.17) is 4.74 Å². The van der Waals surface area contributed by atoms with Crippen LogP contribution < -0.4 is 0 Å². The van der Waals surface area contributed by atoms with Crippen molar-refractivity contribution in [2.45, 2.75) is 25.4 Å². The van der Waals surface area contributed by atoms with Gasteiger partial charge in [0.25, 0.3) is 0 Å². The van der Waals surface area contributed by atoms with E-state index in [1.807, 2.05) is 17.0 Å². The third-order valence-electron chi connectivity index (χ3n) is 4.34. The van der Waals surface area contributed by atoms with Crippen molar-refractivity contribution in [1.29, 1.82) is 0 Å². The van der Waals surface area contributed by atoms with Gasteiger partial charge in [0.05, 0.1) is 6.61 Å². The van der Waals surface area contributed by atoms with Gasteiger partial charge in [0, 0.05) is 32.2 Å². The molecule has 3 rings (SSSR count). The number of hydrogen-bond acceptors (Lipinski definition) is 3. The molecule has 0 atom stereocenters. The fourth-order valence-electron chi connectivity index (χ4n) is 3.15. The molecule has 1 aromatic rings. The highest BCUT2D eigenvalue weighted by Gasteiger charge is 2.29. The Morgan fingerprint density at radius 1 is 1.14 bits per heavy atom. The van der Waals surface area contributed by atoms with Gasteiger partial charge in [-0.05, 0) is 30.5 Å². The van der Waals surface area contributed by atoms with Gasteiger partial charge in [-0.1, -0.05) is 12.1 Å². The number of rotatable bonds is 3. The first kappa shape index (κ1) is 14.5. The zero-order chi connectivity index (χ0) is 14.7. The molecule has 4 nitrogen and oxygen atoms in total. The zero-order valence-corrected chi connectivity index (χ0v) is 12.1. The minimum atomic E-state index is -0.191. The van der Waals surface area contributed by atoms with Crippen molar-refractivity contribution in [1.82, 2.24) is 9.80 Å². The predicted octanol–water partition coefficient (Wildman–Crippen LogP) is 1.65. The third-order valence-corrected chi connectivity index (χ3v) is 4.34. The average Bonchev–Trinajstić information content (AvgIpc) is 2.51. The fraction of sp³-hybridized carbons (Fsp3) is 0.562. The maximum Gasteiger partial charge on any atom is 0.248 e. The summed E-state index contributed by atoms with van der Waals surface area (Å²) in [5.41, 5.74) is 1.14. The van der Waals surface area contributed by atoms with Gasteiger partial charge in [-0.3, -0.25) is 9.69 Å². The number of benzene rings is 1. The van der Waals surface area contributed by atoms with Crippen LogP contribution in [-0.2, 0) is 16.1 Å². The summed E-state index contributed by atoms with van der Waals surface area (Å²) >= 11 is 0. The van der Waals surface area contributed by atoms with Crippen LogP contribution in [0.4, 0.5) is 4.39 Å². The van der Waals surface area contributed by atoms with Crippen LogP contribution in [0.2, 0.25) is 0 Å². The fourth-order valence-corrected chi connectivity index (χ4v) is 3.15. The standard InChI is InChI=1S/C16H21FN2O2/c17-14-3-1-13(2-4-14)11-18-7-5-15(6-8-18)19-9-10-21-12-16(19)20/h1-4,15H,5-12H2. The number of halogens is 1. The van der Waals surface area contributed by atoms with Crippen LogP contribution >= 0.6 is 0 Å². The second-order valence-electron chi connectivity index (χ2n) is 5.77. The molecule has 0 saturated carbocycles. The zero-order valence-electron chi connectivity index (χ0n) is 12.1. The normalized spacial score (nSPS) is 21.8. The molecule has 2 fully saturated rings. The van der Waals surface area contributed by atoms with E-state index in [1.165, 1.54) is 12.1 Å². The first-order valence-corrected chi connectivity index (χ1v) is 7.56. The number of carbonyl (C=O) groups is 1. The molecule has 21 heavy (non-hydrogen) atoms. The molecule has 0 unspecified atom stereocenters. The SMILES string of the molecule is O=C1COCCN1C1CCN(Cc2ccc(F)cc2)CC1. The Morgan fingerprint density at radius 3 is 2.52 bits per heavy atom. The largest absolute Gasteiger partial charge is 0.370 e. The van der Waals surface area contributed by atoms with Crippen molar-refractivity contribution in [3.8, 4) is 0 Å². The molecule has 2 aliphatic heterocycles. The molecule has 0 radical (unpaired) electrons. The minimum absolute atomic E-state index is 0.123. The third kappa shape index (κ3) is 3.60. The number of likely N-dealkylation sites (tertiary alicyclic amines) is 1. The second kappa shape index (κ2) is 6.54. The summed E-state index contributed by atoms with van der Waals surface area (Å²) < 4.78 is 18.1. The van der Waals surface area contributed by atoms with Gasteiger partial charge in [-0.15, -0.1) is 0 Å². The quantitative estimate of drug-likeness (QED) is 0.849. The van der Waals surface area contributed by atoms with Crippen molar-refractivity contribution in [3.63, 3.8) is 0 Å². The summed E-state index contributed by atoms with van der Waals surface area (Å²) in [5, 5.41) is 0. The predicted molar refractivity (Wildman–Crippen MR) is 77.2 cm³/mol. The molecule has 114 valence electrons. The van der Waals surface area contributed by atoms with Crippen LogP contribution in [0.25, 0.3) is 0 Å². The lowest BCUT2D eigenvalue weighted by atomic mass is 10.0. The summed E-state index contributed by atoms with van der Waals surface area (Å²) in [7, 11) is 0. The first-order chi connectivity index (χ1) is 10.2. The Labute approximate surface area is 124 Å². The molecule has 1 amide bonds. The van der Waals surface area contributed by atoms with Gasteiger partial charge in [0.15, 0.2) is 0 Å². The number of nitrogens with zero attached hydrogens (tertiary/aromatic N) is 2. The maximum atomic E-state index is 12.9. The van der Waals surface area contributed by atoms with Crippen molar-refractivity contribution >= 4 is 5.91 Å². The monoisotopic (exact) mass is 292 g/mol. The van der Waals surface area contributed by atoms with E-state index < -0.39 is 0 Å². The van der Waals surface area contributed by atoms with Gasteiger partial charge in [0.1, 0.15) is 12.4 Å². The number of ether oxygens (including phenoxy) is 1. The molecule has 0 spiro atoms. The summed E-state index contributed by atoms with van der Waals surface area (Å²) in [6.45, 7) is 4.42. The molecule has 2 saturated heterocycles. The van der Waals surface area contributed by atoms with Crippen molar-refractivity contribution in [3.05, 3.63) is 35.6 Å². The van der Waals surface area contributed by atoms with Gasteiger partial charge < -0.3 is 9.64 Å². The van der Waals surface area contributed by atoms with Crippen molar-refractivity contribution < 1.29 is 13.9 Å². The van der Waals surface area contributed by atoms with Gasteiger partial charge in [0.2, 0.25) is 5.91 Å². The lowest BCUT2D eigenvalue weighted by Crippen LogP contribution is -2.51. The first-order valence-electron chi connectivity index (χ1n) is 7.56. The number of morpholine rings is 1. The summed E-state index contributed by atoms with van der Waals surface area (Å²) in [6.07, 6.45) is 2.01. The topological polar surface area (TPSA) is 32.8 Å². The highest BCUT2D eigenvalue weighted by Crippen LogP contribution is 2.20. The molecule has 1 aromatic carbocycles. The maximum absolute atomic E-state index is 12.9.